The second-order valence-corrected chi connectivity index (χ2v) is 5.52. The number of pyridine rings is 1. The van der Waals surface area contributed by atoms with E-state index in [9.17, 15) is 0 Å². The van der Waals surface area contributed by atoms with Crippen molar-refractivity contribution in [3.63, 3.8) is 0 Å². The van der Waals surface area contributed by atoms with Gasteiger partial charge >= 0.3 is 0 Å². The van der Waals surface area contributed by atoms with Crippen LogP contribution in [-0.4, -0.2) is 15.2 Å². The molecule has 2 aromatic carbocycles. The quantitative estimate of drug-likeness (QED) is 0.550. The van der Waals surface area contributed by atoms with Gasteiger partial charge in [-0.05, 0) is 29.8 Å². The van der Waals surface area contributed by atoms with Gasteiger partial charge in [0.15, 0.2) is 5.82 Å². The van der Waals surface area contributed by atoms with E-state index in [0.717, 1.165) is 34.1 Å². The lowest BCUT2D eigenvalue weighted by atomic mass is 10.1. The highest BCUT2D eigenvalue weighted by Crippen LogP contribution is 2.22. The molecule has 0 radical (unpaired) electrons. The summed E-state index contributed by atoms with van der Waals surface area (Å²) in [5.41, 5.74) is 14.1. The molecule has 4 rings (SSSR count). The van der Waals surface area contributed by atoms with Gasteiger partial charge in [-0.15, -0.1) is 5.10 Å². The predicted octanol–water partition coefficient (Wildman–Crippen LogP) is 3.47. The van der Waals surface area contributed by atoms with Crippen LogP contribution in [0.1, 0.15) is 11.3 Å². The third-order valence-electron chi connectivity index (χ3n) is 3.71. The van der Waals surface area contributed by atoms with E-state index >= 15 is 0 Å². The van der Waals surface area contributed by atoms with Gasteiger partial charge in [0, 0.05) is 35.3 Å². The second kappa shape index (κ2) is 7.88. The van der Waals surface area contributed by atoms with Gasteiger partial charge in [-0.2, -0.15) is 5.10 Å². The van der Waals surface area contributed by atoms with Crippen molar-refractivity contribution in [2.75, 3.05) is 11.5 Å². The van der Waals surface area contributed by atoms with E-state index in [0.29, 0.717) is 5.82 Å². The first-order chi connectivity index (χ1) is 12.2. The van der Waals surface area contributed by atoms with Crippen LogP contribution in [0, 0.1) is 0 Å². The van der Waals surface area contributed by atoms with Gasteiger partial charge in [0.1, 0.15) is 0 Å². The lowest BCUT2D eigenvalue weighted by Crippen LogP contribution is -2.01. The zero-order chi connectivity index (χ0) is 17.5. The average Bonchev–Trinajstić information content (AvgIpc) is 2.66. The van der Waals surface area contributed by atoms with E-state index in [4.69, 9.17) is 11.5 Å². The summed E-state index contributed by atoms with van der Waals surface area (Å²) in [5.74, 6) is 0.476. The Kier molecular flexibility index (Phi) is 5.16. The van der Waals surface area contributed by atoms with Crippen LogP contribution in [0.2, 0.25) is 0 Å². The Morgan fingerprint density at radius 3 is 1.96 bits per heavy atom. The van der Waals surface area contributed by atoms with Gasteiger partial charge in [0.2, 0.25) is 0 Å². The first-order valence-electron chi connectivity index (χ1n) is 7.93. The average molecular weight is 329 g/mol. The predicted molar refractivity (Wildman–Crippen MR) is 102 cm³/mol. The van der Waals surface area contributed by atoms with Crippen molar-refractivity contribution in [3.8, 4) is 0 Å². The van der Waals surface area contributed by atoms with E-state index in [-0.39, 0.29) is 0 Å². The molecule has 0 spiro atoms. The molecule has 4 N–H and O–H groups in total. The normalized spacial score (nSPS) is 10.1. The molecule has 0 saturated carbocycles. The summed E-state index contributed by atoms with van der Waals surface area (Å²) in [5, 5.41) is 10.2. The molecule has 2 aromatic heterocycles. The zero-order valence-electron chi connectivity index (χ0n) is 13.7. The molecular formula is C20H19N5. The third kappa shape index (κ3) is 4.29. The largest absolute Gasteiger partial charge is 0.399 e. The third-order valence-corrected chi connectivity index (χ3v) is 3.71. The number of nitrogen functional groups attached to an aromatic ring is 2. The number of para-hydroxylation sites is 1. The summed E-state index contributed by atoms with van der Waals surface area (Å²) in [6, 6.07) is 21.4. The summed E-state index contributed by atoms with van der Waals surface area (Å²) in [4.78, 5) is 4.01. The molecule has 0 saturated heterocycles. The minimum atomic E-state index is 0.476. The first kappa shape index (κ1) is 16.4. The maximum absolute atomic E-state index is 5.83. The molecule has 5 heteroatoms. The Morgan fingerprint density at radius 1 is 0.680 bits per heavy atom. The zero-order valence-corrected chi connectivity index (χ0v) is 13.7. The molecule has 25 heavy (non-hydrogen) atoms. The SMILES string of the molecule is Nc1ccccc1.Nc1nnc(Cc2ccncc2)c2ccccc12. The maximum atomic E-state index is 5.83. The monoisotopic (exact) mass is 329 g/mol. The minimum absolute atomic E-state index is 0.476. The van der Waals surface area contributed by atoms with Crippen molar-refractivity contribution in [2.45, 2.75) is 6.42 Å². The highest BCUT2D eigenvalue weighted by molar-refractivity contribution is 5.92. The van der Waals surface area contributed by atoms with E-state index in [1.54, 1.807) is 12.4 Å². The topological polar surface area (TPSA) is 90.7 Å². The van der Waals surface area contributed by atoms with Crippen molar-refractivity contribution in [3.05, 3.63) is 90.4 Å². The van der Waals surface area contributed by atoms with Crippen LogP contribution in [-0.2, 0) is 6.42 Å². The minimum Gasteiger partial charge on any atom is -0.399 e. The van der Waals surface area contributed by atoms with Crippen LogP contribution < -0.4 is 11.5 Å². The molecule has 124 valence electrons. The molecule has 5 nitrogen and oxygen atoms in total. The lowest BCUT2D eigenvalue weighted by molar-refractivity contribution is 0.963. The number of anilines is 2. The fourth-order valence-electron chi connectivity index (χ4n) is 2.46. The van der Waals surface area contributed by atoms with Gasteiger partial charge in [-0.25, -0.2) is 0 Å². The van der Waals surface area contributed by atoms with Crippen molar-refractivity contribution >= 4 is 22.3 Å². The molecule has 0 unspecified atom stereocenters. The highest BCUT2D eigenvalue weighted by Gasteiger charge is 2.07. The Morgan fingerprint density at radius 2 is 1.32 bits per heavy atom. The van der Waals surface area contributed by atoms with Gasteiger partial charge in [0.25, 0.3) is 0 Å². The van der Waals surface area contributed by atoms with Crippen LogP contribution in [0.25, 0.3) is 10.8 Å². The Balaban J connectivity index is 0.000000219. The molecule has 0 aliphatic heterocycles. The van der Waals surface area contributed by atoms with Gasteiger partial charge < -0.3 is 11.5 Å². The summed E-state index contributed by atoms with van der Waals surface area (Å²) >= 11 is 0. The Bertz CT molecular complexity index is 940. The van der Waals surface area contributed by atoms with E-state index in [1.165, 1.54) is 0 Å². The molecule has 0 atom stereocenters. The number of hydrogen-bond donors (Lipinski definition) is 2. The number of rotatable bonds is 2. The van der Waals surface area contributed by atoms with Gasteiger partial charge in [-0.3, -0.25) is 4.98 Å². The fraction of sp³-hybridized carbons (Fsp3) is 0.0500. The van der Waals surface area contributed by atoms with Crippen LogP contribution in [0.15, 0.2) is 79.1 Å². The molecule has 0 fully saturated rings. The maximum Gasteiger partial charge on any atom is 0.153 e. The van der Waals surface area contributed by atoms with Crippen LogP contribution in [0.3, 0.4) is 0 Å². The molecule has 0 bridgehead atoms. The molecular weight excluding hydrogens is 310 g/mol. The van der Waals surface area contributed by atoms with Crippen LogP contribution in [0.5, 0.6) is 0 Å². The fourth-order valence-corrected chi connectivity index (χ4v) is 2.46. The standard InChI is InChI=1S/C14H12N4.C6H7N/c15-14-12-4-2-1-3-11(12)13(17-18-14)9-10-5-7-16-8-6-10;7-6-4-2-1-3-5-6/h1-8H,9H2,(H2,15,18);1-5H,7H2. The summed E-state index contributed by atoms with van der Waals surface area (Å²) in [6.07, 6.45) is 4.29. The molecule has 4 aromatic rings. The number of nitrogens with two attached hydrogens (primary N) is 2. The van der Waals surface area contributed by atoms with Crippen molar-refractivity contribution in [2.24, 2.45) is 0 Å². The lowest BCUT2D eigenvalue weighted by Gasteiger charge is -2.06. The van der Waals surface area contributed by atoms with E-state index in [2.05, 4.69) is 15.2 Å². The van der Waals surface area contributed by atoms with E-state index in [1.807, 2.05) is 66.7 Å². The number of nitrogens with zero attached hydrogens (tertiary/aromatic N) is 3. The van der Waals surface area contributed by atoms with E-state index < -0.39 is 0 Å². The van der Waals surface area contributed by atoms with Gasteiger partial charge in [-0.1, -0.05) is 42.5 Å². The number of aromatic nitrogens is 3. The molecule has 0 aliphatic rings. The number of benzene rings is 2. The van der Waals surface area contributed by atoms with Crippen LogP contribution >= 0.6 is 0 Å². The van der Waals surface area contributed by atoms with Gasteiger partial charge in [0.05, 0.1) is 5.69 Å². The number of fused-ring (bicyclic) bond motifs is 1. The Labute approximate surface area is 146 Å². The van der Waals surface area contributed by atoms with Crippen molar-refractivity contribution in [1.29, 1.82) is 0 Å². The highest BCUT2D eigenvalue weighted by atomic mass is 15.1. The number of hydrogen-bond acceptors (Lipinski definition) is 5. The molecule has 0 aliphatic carbocycles. The van der Waals surface area contributed by atoms with Crippen molar-refractivity contribution < 1.29 is 0 Å². The molecule has 0 amide bonds. The Hall–Kier alpha value is -3.47. The van der Waals surface area contributed by atoms with Crippen molar-refractivity contribution in [1.82, 2.24) is 15.2 Å². The second-order valence-electron chi connectivity index (χ2n) is 5.52. The first-order valence-corrected chi connectivity index (χ1v) is 7.93. The molecule has 2 heterocycles. The smallest absolute Gasteiger partial charge is 0.153 e. The summed E-state index contributed by atoms with van der Waals surface area (Å²) < 4.78 is 0. The van der Waals surface area contributed by atoms with Crippen LogP contribution in [0.4, 0.5) is 11.5 Å². The summed E-state index contributed by atoms with van der Waals surface area (Å²) in [7, 11) is 0. The summed E-state index contributed by atoms with van der Waals surface area (Å²) in [6.45, 7) is 0.